The van der Waals surface area contributed by atoms with E-state index in [-0.39, 0.29) is 18.9 Å². The molecule has 0 fully saturated rings. The lowest BCUT2D eigenvalue weighted by molar-refractivity contribution is -0.136. The van der Waals surface area contributed by atoms with E-state index in [1.54, 1.807) is 30.6 Å². The topological polar surface area (TPSA) is 91.8 Å². The Morgan fingerprint density at radius 2 is 1.70 bits per heavy atom. The lowest BCUT2D eigenvalue weighted by atomic mass is 10.1. The van der Waals surface area contributed by atoms with Crippen molar-refractivity contribution in [3.05, 3.63) is 101 Å². The number of aliphatic carboxylic acids is 1. The van der Waals surface area contributed by atoms with Gasteiger partial charge in [0, 0.05) is 36.1 Å². The van der Waals surface area contributed by atoms with Crippen molar-refractivity contribution in [1.29, 1.82) is 0 Å². The zero-order chi connectivity index (χ0) is 26.0. The molecule has 0 unspecified atom stereocenters. The number of aromatic nitrogens is 1. The molecule has 37 heavy (non-hydrogen) atoms. The number of amides is 1. The maximum absolute atomic E-state index is 12.3. The molecule has 0 aliphatic heterocycles. The number of carboxylic acid groups (broad SMARTS) is 1. The summed E-state index contributed by atoms with van der Waals surface area (Å²) in [5.74, 6) is -0.413. The molecule has 0 aliphatic rings. The van der Waals surface area contributed by atoms with Crippen molar-refractivity contribution < 1.29 is 19.4 Å². The van der Waals surface area contributed by atoms with Crippen LogP contribution in [0.1, 0.15) is 27.9 Å². The van der Waals surface area contributed by atoms with Crippen LogP contribution in [0.5, 0.6) is 5.75 Å². The zero-order valence-electron chi connectivity index (χ0n) is 20.6. The molecule has 2 N–H and O–H groups in total. The van der Waals surface area contributed by atoms with Crippen LogP contribution in [0, 0.1) is 0 Å². The summed E-state index contributed by atoms with van der Waals surface area (Å²) in [6.45, 7) is 1.53. The predicted molar refractivity (Wildman–Crippen MR) is 146 cm³/mol. The van der Waals surface area contributed by atoms with Gasteiger partial charge in [-0.2, -0.15) is 0 Å². The third-order valence-corrected chi connectivity index (χ3v) is 6.78. The lowest BCUT2D eigenvalue weighted by Gasteiger charge is -2.22. The number of ether oxygens (including phenoxy) is 1. The molecule has 0 saturated carbocycles. The van der Waals surface area contributed by atoms with Gasteiger partial charge in [0.05, 0.1) is 19.2 Å². The van der Waals surface area contributed by atoms with Gasteiger partial charge in [0.25, 0.3) is 5.91 Å². The predicted octanol–water partition coefficient (Wildman–Crippen LogP) is 5.27. The molecule has 1 aromatic heterocycles. The van der Waals surface area contributed by atoms with E-state index in [0.29, 0.717) is 12.1 Å². The minimum atomic E-state index is -0.941. The molecule has 0 atom stereocenters. The Hall–Kier alpha value is -4.17. The molecular formula is C29H29N3O4S. The van der Waals surface area contributed by atoms with Crippen LogP contribution >= 0.6 is 11.3 Å². The highest BCUT2D eigenvalue weighted by atomic mass is 32.1. The molecule has 7 nitrogen and oxygen atoms in total. The first-order valence-corrected chi connectivity index (χ1v) is 12.9. The van der Waals surface area contributed by atoms with Gasteiger partial charge in [-0.25, -0.2) is 4.98 Å². The van der Waals surface area contributed by atoms with Gasteiger partial charge in [-0.05, 0) is 53.9 Å². The van der Waals surface area contributed by atoms with Crippen molar-refractivity contribution in [2.75, 3.05) is 25.1 Å². The highest BCUT2D eigenvalue weighted by Crippen LogP contribution is 2.29. The van der Waals surface area contributed by atoms with E-state index in [1.165, 1.54) is 5.56 Å². The van der Waals surface area contributed by atoms with E-state index >= 15 is 0 Å². The number of carbonyl (C=O) groups excluding carboxylic acids is 1. The van der Waals surface area contributed by atoms with E-state index in [2.05, 4.69) is 27.7 Å². The molecule has 1 amide bonds. The van der Waals surface area contributed by atoms with Crippen molar-refractivity contribution in [2.24, 2.45) is 0 Å². The number of carbonyl (C=O) groups is 2. The van der Waals surface area contributed by atoms with Crippen LogP contribution in [0.15, 0.2) is 84.2 Å². The number of rotatable bonds is 12. The van der Waals surface area contributed by atoms with Gasteiger partial charge in [-0.1, -0.05) is 42.5 Å². The summed E-state index contributed by atoms with van der Waals surface area (Å²) >= 11 is 1.61. The second-order valence-corrected chi connectivity index (χ2v) is 9.33. The van der Waals surface area contributed by atoms with Gasteiger partial charge >= 0.3 is 5.97 Å². The molecule has 0 saturated heterocycles. The lowest BCUT2D eigenvalue weighted by Crippen LogP contribution is -2.26. The summed E-state index contributed by atoms with van der Waals surface area (Å²) < 4.78 is 5.27. The Labute approximate surface area is 220 Å². The van der Waals surface area contributed by atoms with Crippen LogP contribution < -0.4 is 15.0 Å². The van der Waals surface area contributed by atoms with Gasteiger partial charge in [0.15, 0.2) is 5.13 Å². The number of nitrogens with zero attached hydrogens (tertiary/aromatic N) is 2. The molecule has 0 aliphatic carbocycles. The molecule has 1 heterocycles. The Bertz CT molecular complexity index is 1310. The molecule has 8 heteroatoms. The smallest absolute Gasteiger partial charge is 0.305 e. The first kappa shape index (κ1) is 25.9. The Balaban J connectivity index is 1.49. The summed E-state index contributed by atoms with van der Waals surface area (Å²) in [5.41, 5.74) is 4.76. The Morgan fingerprint density at radius 1 is 0.973 bits per heavy atom. The Kier molecular flexibility index (Phi) is 8.89. The number of carboxylic acids is 1. The number of benzene rings is 3. The van der Waals surface area contributed by atoms with Crippen molar-refractivity contribution >= 4 is 28.3 Å². The molecule has 0 radical (unpaired) electrons. The summed E-state index contributed by atoms with van der Waals surface area (Å²) in [6.07, 6.45) is 0.773. The van der Waals surface area contributed by atoms with Crippen molar-refractivity contribution in [2.45, 2.75) is 19.4 Å². The summed E-state index contributed by atoms with van der Waals surface area (Å²) in [4.78, 5) is 30.1. The van der Waals surface area contributed by atoms with Gasteiger partial charge in [-0.15, -0.1) is 11.3 Å². The molecular weight excluding hydrogens is 486 g/mol. The second kappa shape index (κ2) is 12.7. The van der Waals surface area contributed by atoms with Gasteiger partial charge in [0.2, 0.25) is 0 Å². The molecule has 190 valence electrons. The molecule has 4 aromatic rings. The number of methoxy groups -OCH3 is 1. The van der Waals surface area contributed by atoms with E-state index in [0.717, 1.165) is 40.7 Å². The fraction of sp³-hybridized carbons (Fsp3) is 0.207. The summed E-state index contributed by atoms with van der Waals surface area (Å²) in [6, 6.07) is 25.6. The minimum Gasteiger partial charge on any atom is -0.497 e. The third kappa shape index (κ3) is 7.41. The van der Waals surface area contributed by atoms with Crippen LogP contribution in [0.2, 0.25) is 0 Å². The van der Waals surface area contributed by atoms with E-state index in [4.69, 9.17) is 14.8 Å². The quantitative estimate of drug-likeness (QED) is 0.267. The number of anilines is 1. The fourth-order valence-corrected chi connectivity index (χ4v) is 4.68. The average Bonchev–Trinajstić information content (AvgIpc) is 3.42. The largest absolute Gasteiger partial charge is 0.497 e. The minimum absolute atomic E-state index is 0.101. The van der Waals surface area contributed by atoms with E-state index in [1.807, 2.05) is 54.6 Å². The van der Waals surface area contributed by atoms with Crippen LogP contribution in [0.4, 0.5) is 5.13 Å². The van der Waals surface area contributed by atoms with Crippen LogP contribution in [0.3, 0.4) is 0 Å². The van der Waals surface area contributed by atoms with Crippen LogP contribution in [-0.2, 0) is 17.8 Å². The summed E-state index contributed by atoms with van der Waals surface area (Å²) in [7, 11) is 1.65. The van der Waals surface area contributed by atoms with Crippen molar-refractivity contribution in [3.8, 4) is 17.0 Å². The van der Waals surface area contributed by atoms with Crippen LogP contribution in [-0.4, -0.2) is 42.2 Å². The second-order valence-electron chi connectivity index (χ2n) is 8.50. The molecule has 0 spiro atoms. The van der Waals surface area contributed by atoms with Gasteiger partial charge in [0.1, 0.15) is 5.75 Å². The third-order valence-electron chi connectivity index (χ3n) is 5.88. The first-order valence-electron chi connectivity index (χ1n) is 12.0. The van der Waals surface area contributed by atoms with Crippen molar-refractivity contribution in [1.82, 2.24) is 10.3 Å². The highest BCUT2D eigenvalue weighted by molar-refractivity contribution is 7.14. The molecule has 0 bridgehead atoms. The van der Waals surface area contributed by atoms with Gasteiger partial charge in [-0.3, -0.25) is 9.59 Å². The normalized spacial score (nSPS) is 10.6. The zero-order valence-corrected chi connectivity index (χ0v) is 21.4. The fourth-order valence-electron chi connectivity index (χ4n) is 3.82. The van der Waals surface area contributed by atoms with Crippen molar-refractivity contribution in [3.63, 3.8) is 0 Å². The standard InChI is InChI=1S/C29H29N3O4S/c1-36-25-13-11-23(12-14-25)26-20-37-29(31-26)32(18-16-21-5-3-2-4-6-21)19-22-7-9-24(10-8-22)28(35)30-17-15-27(33)34/h2-14,20H,15-19H2,1H3,(H,30,35)(H,33,34). The monoisotopic (exact) mass is 515 g/mol. The van der Waals surface area contributed by atoms with E-state index < -0.39 is 5.97 Å². The number of thiazole rings is 1. The van der Waals surface area contributed by atoms with Gasteiger partial charge < -0.3 is 20.1 Å². The van der Waals surface area contributed by atoms with E-state index in [9.17, 15) is 9.59 Å². The molecule has 4 rings (SSSR count). The first-order chi connectivity index (χ1) is 18.0. The SMILES string of the molecule is COc1ccc(-c2csc(N(CCc3ccccc3)Cc3ccc(C(=O)NCCC(=O)O)cc3)n2)cc1. The van der Waals surface area contributed by atoms with Crippen LogP contribution in [0.25, 0.3) is 11.3 Å². The average molecular weight is 516 g/mol. The maximum Gasteiger partial charge on any atom is 0.305 e. The number of hydrogen-bond acceptors (Lipinski definition) is 6. The number of nitrogens with one attached hydrogen (secondary N) is 1. The summed E-state index contributed by atoms with van der Waals surface area (Å²) in [5, 5.41) is 14.4. The number of hydrogen-bond donors (Lipinski definition) is 2. The Morgan fingerprint density at radius 3 is 2.38 bits per heavy atom. The molecule has 3 aromatic carbocycles. The maximum atomic E-state index is 12.3. The highest BCUT2D eigenvalue weighted by Gasteiger charge is 2.14.